The Kier molecular flexibility index (Phi) is 5.89. The van der Waals surface area contributed by atoms with Gasteiger partial charge in [-0.2, -0.15) is 0 Å². The molecule has 1 fully saturated rings. The summed E-state index contributed by atoms with van der Waals surface area (Å²) in [7, 11) is 0. The Morgan fingerprint density at radius 2 is 1.62 bits per heavy atom. The van der Waals surface area contributed by atoms with Gasteiger partial charge in [0.2, 0.25) is 0 Å². The van der Waals surface area contributed by atoms with Crippen LogP contribution in [0.15, 0.2) is 54.6 Å². The zero-order valence-corrected chi connectivity index (χ0v) is 14.6. The second kappa shape index (κ2) is 8.52. The molecule has 3 rings (SSSR count). The number of ether oxygens (including phenoxy) is 1. The fraction of sp³-hybridized carbons (Fsp3) is 0.333. The summed E-state index contributed by atoms with van der Waals surface area (Å²) in [5.74, 6) is -1.04. The SMILES string of the molecule is O=C(O)c1ccccc1N(C(=O)OCc1ccccc1)C1CCCCC1. The van der Waals surface area contributed by atoms with E-state index in [9.17, 15) is 14.7 Å². The Balaban J connectivity index is 1.86. The van der Waals surface area contributed by atoms with Crippen molar-refractivity contribution >= 4 is 17.7 Å². The van der Waals surface area contributed by atoms with Crippen molar-refractivity contribution < 1.29 is 19.4 Å². The first kappa shape index (κ1) is 18.0. The summed E-state index contributed by atoms with van der Waals surface area (Å²) in [4.78, 5) is 26.1. The molecule has 1 aliphatic carbocycles. The number of carboxylic acid groups (broad SMARTS) is 1. The highest BCUT2D eigenvalue weighted by atomic mass is 16.6. The van der Waals surface area contributed by atoms with Gasteiger partial charge in [-0.15, -0.1) is 0 Å². The molecule has 136 valence electrons. The molecule has 0 unspecified atom stereocenters. The summed E-state index contributed by atoms with van der Waals surface area (Å²) in [6.07, 6.45) is 4.42. The molecule has 5 nitrogen and oxygen atoms in total. The number of anilines is 1. The fourth-order valence-electron chi connectivity index (χ4n) is 3.44. The van der Waals surface area contributed by atoms with E-state index in [2.05, 4.69) is 0 Å². The maximum atomic E-state index is 12.9. The lowest BCUT2D eigenvalue weighted by Gasteiger charge is -2.34. The molecular weight excluding hydrogens is 330 g/mol. The molecule has 5 heteroatoms. The Hall–Kier alpha value is -2.82. The maximum absolute atomic E-state index is 12.9. The number of hydrogen-bond donors (Lipinski definition) is 1. The van der Waals surface area contributed by atoms with Gasteiger partial charge in [0.15, 0.2) is 0 Å². The molecule has 0 atom stereocenters. The van der Waals surface area contributed by atoms with Crippen LogP contribution in [-0.2, 0) is 11.3 Å². The first-order valence-electron chi connectivity index (χ1n) is 8.99. The molecule has 2 aromatic rings. The van der Waals surface area contributed by atoms with Gasteiger partial charge in [-0.25, -0.2) is 9.59 Å². The second-order valence-corrected chi connectivity index (χ2v) is 6.52. The van der Waals surface area contributed by atoms with E-state index in [0.717, 1.165) is 37.7 Å². The predicted molar refractivity (Wildman–Crippen MR) is 99.4 cm³/mol. The summed E-state index contributed by atoms with van der Waals surface area (Å²) in [6, 6.07) is 16.1. The van der Waals surface area contributed by atoms with Crippen molar-refractivity contribution in [3.05, 3.63) is 65.7 Å². The van der Waals surface area contributed by atoms with Crippen molar-refractivity contribution in [3.8, 4) is 0 Å². The van der Waals surface area contributed by atoms with Crippen molar-refractivity contribution in [2.75, 3.05) is 4.90 Å². The second-order valence-electron chi connectivity index (χ2n) is 6.52. The van der Waals surface area contributed by atoms with Gasteiger partial charge in [0.1, 0.15) is 6.61 Å². The number of carbonyl (C=O) groups is 2. The third-order valence-electron chi connectivity index (χ3n) is 4.74. The highest BCUT2D eigenvalue weighted by Gasteiger charge is 2.30. The molecular formula is C21H23NO4. The van der Waals surface area contributed by atoms with Crippen molar-refractivity contribution in [2.45, 2.75) is 44.8 Å². The van der Waals surface area contributed by atoms with Crippen LogP contribution < -0.4 is 4.90 Å². The minimum atomic E-state index is -1.04. The van der Waals surface area contributed by atoms with E-state index in [0.29, 0.717) is 5.69 Å². The van der Waals surface area contributed by atoms with E-state index in [-0.39, 0.29) is 18.2 Å². The molecule has 0 bridgehead atoms. The molecule has 1 N–H and O–H groups in total. The van der Waals surface area contributed by atoms with Crippen molar-refractivity contribution in [2.24, 2.45) is 0 Å². The lowest BCUT2D eigenvalue weighted by atomic mass is 9.93. The molecule has 0 aliphatic heterocycles. The van der Waals surface area contributed by atoms with Gasteiger partial charge in [-0.3, -0.25) is 4.90 Å². The number of benzene rings is 2. The van der Waals surface area contributed by atoms with E-state index < -0.39 is 12.1 Å². The van der Waals surface area contributed by atoms with Gasteiger partial charge >= 0.3 is 12.1 Å². The van der Waals surface area contributed by atoms with Gasteiger partial charge in [0.05, 0.1) is 11.3 Å². The third kappa shape index (κ3) is 4.23. The van der Waals surface area contributed by atoms with Gasteiger partial charge in [0.25, 0.3) is 0 Å². The molecule has 26 heavy (non-hydrogen) atoms. The topological polar surface area (TPSA) is 66.8 Å². The Bertz CT molecular complexity index is 754. The minimum absolute atomic E-state index is 0.0347. The molecule has 1 saturated carbocycles. The number of carboxylic acids is 1. The predicted octanol–water partition coefficient (Wildman–Crippen LogP) is 4.86. The van der Waals surface area contributed by atoms with Crippen molar-refractivity contribution in [3.63, 3.8) is 0 Å². The first-order chi connectivity index (χ1) is 12.7. The zero-order chi connectivity index (χ0) is 18.4. The Labute approximate surface area is 153 Å². The molecule has 0 saturated heterocycles. The van der Waals surface area contributed by atoms with Gasteiger partial charge in [-0.1, -0.05) is 61.7 Å². The zero-order valence-electron chi connectivity index (χ0n) is 14.6. The normalized spacial score (nSPS) is 14.6. The largest absolute Gasteiger partial charge is 0.478 e. The molecule has 0 heterocycles. The van der Waals surface area contributed by atoms with E-state index >= 15 is 0 Å². The van der Waals surface area contributed by atoms with Crippen LogP contribution in [0.2, 0.25) is 0 Å². The maximum Gasteiger partial charge on any atom is 0.414 e. The van der Waals surface area contributed by atoms with Crippen LogP contribution in [0.1, 0.15) is 48.0 Å². The smallest absolute Gasteiger partial charge is 0.414 e. The minimum Gasteiger partial charge on any atom is -0.478 e. The molecule has 0 aromatic heterocycles. The number of amides is 1. The van der Waals surface area contributed by atoms with Gasteiger partial charge < -0.3 is 9.84 Å². The average Bonchev–Trinajstić information content (AvgIpc) is 2.68. The van der Waals surface area contributed by atoms with Crippen molar-refractivity contribution in [1.82, 2.24) is 0 Å². The standard InChI is InChI=1S/C21H23NO4/c23-20(24)18-13-7-8-14-19(18)22(17-11-5-2-6-12-17)21(25)26-15-16-9-3-1-4-10-16/h1,3-4,7-10,13-14,17H,2,5-6,11-12,15H2,(H,23,24). The highest BCUT2D eigenvalue weighted by molar-refractivity contribution is 6.00. The summed E-state index contributed by atoms with van der Waals surface area (Å²) in [5, 5.41) is 9.52. The molecule has 1 amide bonds. The van der Waals surface area contributed by atoms with Crippen LogP contribution in [0.5, 0.6) is 0 Å². The number of aromatic carboxylic acids is 1. The summed E-state index contributed by atoms with van der Waals surface area (Å²) < 4.78 is 5.53. The molecule has 0 radical (unpaired) electrons. The van der Waals surface area contributed by atoms with Crippen LogP contribution in [-0.4, -0.2) is 23.2 Å². The van der Waals surface area contributed by atoms with E-state index in [1.807, 2.05) is 30.3 Å². The Morgan fingerprint density at radius 3 is 2.31 bits per heavy atom. The summed E-state index contributed by atoms with van der Waals surface area (Å²) >= 11 is 0. The third-order valence-corrected chi connectivity index (χ3v) is 4.74. The van der Waals surface area contributed by atoms with Crippen LogP contribution >= 0.6 is 0 Å². The quantitative estimate of drug-likeness (QED) is 0.833. The van der Waals surface area contributed by atoms with Crippen LogP contribution in [0.25, 0.3) is 0 Å². The number of carbonyl (C=O) groups excluding carboxylic acids is 1. The monoisotopic (exact) mass is 353 g/mol. The molecule has 1 aliphatic rings. The van der Waals surface area contributed by atoms with E-state index in [1.54, 1.807) is 23.1 Å². The molecule has 2 aromatic carbocycles. The van der Waals surface area contributed by atoms with Gasteiger partial charge in [-0.05, 0) is 30.5 Å². The Morgan fingerprint density at radius 1 is 0.962 bits per heavy atom. The lowest BCUT2D eigenvalue weighted by Crippen LogP contribution is -2.42. The number of para-hydroxylation sites is 1. The van der Waals surface area contributed by atoms with Gasteiger partial charge in [0, 0.05) is 6.04 Å². The number of rotatable bonds is 5. The lowest BCUT2D eigenvalue weighted by molar-refractivity contribution is 0.0697. The van der Waals surface area contributed by atoms with E-state index in [4.69, 9.17) is 4.74 Å². The van der Waals surface area contributed by atoms with Crippen LogP contribution in [0.3, 0.4) is 0 Å². The average molecular weight is 353 g/mol. The van der Waals surface area contributed by atoms with Crippen LogP contribution in [0.4, 0.5) is 10.5 Å². The number of hydrogen-bond acceptors (Lipinski definition) is 3. The molecule has 0 spiro atoms. The summed E-state index contributed by atoms with van der Waals surface area (Å²) in [6.45, 7) is 0.165. The highest BCUT2D eigenvalue weighted by Crippen LogP contribution is 2.30. The van der Waals surface area contributed by atoms with Crippen molar-refractivity contribution in [1.29, 1.82) is 0 Å². The fourth-order valence-corrected chi connectivity index (χ4v) is 3.44. The first-order valence-corrected chi connectivity index (χ1v) is 8.99. The summed E-state index contributed by atoms with van der Waals surface area (Å²) in [5.41, 5.74) is 1.43. The number of nitrogens with zero attached hydrogens (tertiary/aromatic N) is 1. The van der Waals surface area contributed by atoms with Crippen LogP contribution in [0, 0.1) is 0 Å². The van der Waals surface area contributed by atoms with E-state index in [1.165, 1.54) is 6.07 Å².